The van der Waals surface area contributed by atoms with Crippen LogP contribution in [0.4, 0.5) is 4.79 Å². The van der Waals surface area contributed by atoms with Gasteiger partial charge in [0.05, 0.1) is 24.9 Å². The van der Waals surface area contributed by atoms with Crippen LogP contribution < -0.4 is 10.1 Å². The van der Waals surface area contributed by atoms with Crippen LogP contribution in [0.25, 0.3) is 0 Å². The molecule has 2 aromatic rings. The second kappa shape index (κ2) is 9.22. The Labute approximate surface area is 189 Å². The first-order chi connectivity index (χ1) is 15.0. The van der Waals surface area contributed by atoms with Crippen LogP contribution in [0, 0.1) is 6.92 Å². The highest BCUT2D eigenvalue weighted by molar-refractivity contribution is 5.94. The van der Waals surface area contributed by atoms with E-state index in [1.807, 2.05) is 59.7 Å². The maximum atomic E-state index is 13.3. The summed E-state index contributed by atoms with van der Waals surface area (Å²) in [5.41, 5.74) is 3.51. The zero-order chi connectivity index (χ0) is 23.6. The van der Waals surface area contributed by atoms with E-state index in [1.165, 1.54) is 0 Å². The molecule has 2 heterocycles. The number of aryl methyl sites for hydroxylation is 2. The molecule has 1 N–H and O–H groups in total. The molecule has 32 heavy (non-hydrogen) atoms. The maximum Gasteiger partial charge on any atom is 0.410 e. The summed E-state index contributed by atoms with van der Waals surface area (Å²) in [6, 6.07) is 5.69. The number of hydrogen-bond donors (Lipinski definition) is 1. The molecule has 1 aromatic carbocycles. The molecule has 3 rings (SSSR count). The molecule has 8 heteroatoms. The first-order valence-electron chi connectivity index (χ1n) is 11.1. The molecule has 0 aliphatic carbocycles. The first kappa shape index (κ1) is 23.6. The van der Waals surface area contributed by atoms with Crippen molar-refractivity contribution in [3.05, 3.63) is 46.3 Å². The molecule has 0 bridgehead atoms. The summed E-state index contributed by atoms with van der Waals surface area (Å²) in [6.45, 7) is 12.8. The normalized spacial score (nSPS) is 14.5. The van der Waals surface area contributed by atoms with Gasteiger partial charge < -0.3 is 19.7 Å². The van der Waals surface area contributed by atoms with Gasteiger partial charge >= 0.3 is 6.09 Å². The standard InChI is InChI=1S/C24H34N4O4/c1-8-31-20-10-9-15(2)13-17(20)16(3)25-22(29)21-18-14-28(23(30)32-24(4,5)6)12-11-19(18)26-27(21)7/h9-10,13,16H,8,11-12,14H2,1-7H3,(H,25,29). The number of benzene rings is 1. The van der Waals surface area contributed by atoms with E-state index in [4.69, 9.17) is 9.47 Å². The topological polar surface area (TPSA) is 85.7 Å². The van der Waals surface area contributed by atoms with E-state index in [1.54, 1.807) is 16.6 Å². The second-order valence-corrected chi connectivity index (χ2v) is 9.22. The van der Waals surface area contributed by atoms with Crippen molar-refractivity contribution in [2.24, 2.45) is 7.05 Å². The molecule has 1 aliphatic rings. The zero-order valence-corrected chi connectivity index (χ0v) is 20.1. The SMILES string of the molecule is CCOc1ccc(C)cc1C(C)NC(=O)c1c2c(nn1C)CCN(C(=O)OC(C)(C)C)C2. The van der Waals surface area contributed by atoms with Gasteiger partial charge in [0.2, 0.25) is 0 Å². The number of rotatable bonds is 5. The van der Waals surface area contributed by atoms with E-state index in [0.717, 1.165) is 28.1 Å². The van der Waals surface area contributed by atoms with Gasteiger partial charge in [-0.25, -0.2) is 4.79 Å². The minimum Gasteiger partial charge on any atom is -0.494 e. The highest BCUT2D eigenvalue weighted by Crippen LogP contribution is 2.28. The molecule has 8 nitrogen and oxygen atoms in total. The Morgan fingerprint density at radius 3 is 2.66 bits per heavy atom. The monoisotopic (exact) mass is 442 g/mol. The average Bonchev–Trinajstić information content (AvgIpc) is 3.03. The molecule has 0 saturated carbocycles. The van der Waals surface area contributed by atoms with Crippen molar-refractivity contribution in [3.63, 3.8) is 0 Å². The van der Waals surface area contributed by atoms with Crippen molar-refractivity contribution in [2.45, 2.75) is 66.2 Å². The van der Waals surface area contributed by atoms with E-state index in [9.17, 15) is 9.59 Å². The lowest BCUT2D eigenvalue weighted by atomic mass is 10.0. The summed E-state index contributed by atoms with van der Waals surface area (Å²) in [7, 11) is 1.76. The lowest BCUT2D eigenvalue weighted by Crippen LogP contribution is -2.40. The summed E-state index contributed by atoms with van der Waals surface area (Å²) >= 11 is 0. The van der Waals surface area contributed by atoms with Crippen LogP contribution in [0.3, 0.4) is 0 Å². The summed E-state index contributed by atoms with van der Waals surface area (Å²) in [6.07, 6.45) is 0.199. The molecular formula is C24H34N4O4. The smallest absolute Gasteiger partial charge is 0.410 e. The van der Waals surface area contributed by atoms with E-state index >= 15 is 0 Å². The molecule has 0 saturated heterocycles. The molecule has 1 aromatic heterocycles. The first-order valence-corrected chi connectivity index (χ1v) is 11.1. The van der Waals surface area contributed by atoms with Crippen molar-refractivity contribution in [1.82, 2.24) is 20.0 Å². The van der Waals surface area contributed by atoms with Crippen LogP contribution in [0.5, 0.6) is 5.75 Å². The second-order valence-electron chi connectivity index (χ2n) is 9.22. The van der Waals surface area contributed by atoms with Gasteiger partial charge in [0, 0.05) is 31.1 Å². The van der Waals surface area contributed by atoms with E-state index in [0.29, 0.717) is 31.8 Å². The lowest BCUT2D eigenvalue weighted by molar-refractivity contribution is 0.0222. The van der Waals surface area contributed by atoms with Gasteiger partial charge in [-0.2, -0.15) is 5.10 Å². The Hall–Kier alpha value is -3.03. The van der Waals surface area contributed by atoms with E-state index in [-0.39, 0.29) is 18.0 Å². The number of nitrogens with zero attached hydrogens (tertiary/aromatic N) is 3. The van der Waals surface area contributed by atoms with E-state index < -0.39 is 5.60 Å². The molecule has 174 valence electrons. The predicted octanol–water partition coefficient (Wildman–Crippen LogP) is 3.91. The van der Waals surface area contributed by atoms with Crippen LogP contribution in [0.1, 0.15) is 73.5 Å². The summed E-state index contributed by atoms with van der Waals surface area (Å²) in [5, 5.41) is 7.62. The third kappa shape index (κ3) is 5.23. The molecule has 1 atom stereocenters. The van der Waals surface area contributed by atoms with Crippen molar-refractivity contribution < 1.29 is 19.1 Å². The van der Waals surface area contributed by atoms with Gasteiger partial charge in [-0.05, 0) is 47.6 Å². The zero-order valence-electron chi connectivity index (χ0n) is 20.1. The molecule has 2 amide bonds. The van der Waals surface area contributed by atoms with Crippen molar-refractivity contribution in [3.8, 4) is 5.75 Å². The third-order valence-electron chi connectivity index (χ3n) is 5.34. The molecule has 0 radical (unpaired) electrons. The number of carbonyl (C=O) groups excluding carboxylic acids is 2. The van der Waals surface area contributed by atoms with Gasteiger partial charge in [0.15, 0.2) is 0 Å². The number of nitrogens with one attached hydrogen (secondary N) is 1. The van der Waals surface area contributed by atoms with Gasteiger partial charge in [-0.15, -0.1) is 0 Å². The largest absolute Gasteiger partial charge is 0.494 e. The van der Waals surface area contributed by atoms with Gasteiger partial charge in [-0.3, -0.25) is 9.48 Å². The Morgan fingerprint density at radius 2 is 2.00 bits per heavy atom. The van der Waals surface area contributed by atoms with Crippen LogP contribution >= 0.6 is 0 Å². The van der Waals surface area contributed by atoms with Crippen LogP contribution in [-0.4, -0.2) is 45.4 Å². The molecular weight excluding hydrogens is 408 g/mol. The van der Waals surface area contributed by atoms with Crippen LogP contribution in [0.2, 0.25) is 0 Å². The molecule has 0 fully saturated rings. The average molecular weight is 443 g/mol. The summed E-state index contributed by atoms with van der Waals surface area (Å²) in [5.74, 6) is 0.526. The van der Waals surface area contributed by atoms with Crippen LogP contribution in [0.15, 0.2) is 18.2 Å². The Kier molecular flexibility index (Phi) is 6.81. The minimum absolute atomic E-state index is 0.233. The van der Waals surface area contributed by atoms with Crippen molar-refractivity contribution in [2.75, 3.05) is 13.2 Å². The number of amides is 2. The summed E-state index contributed by atoms with van der Waals surface area (Å²) < 4.78 is 12.9. The van der Waals surface area contributed by atoms with Crippen molar-refractivity contribution >= 4 is 12.0 Å². The predicted molar refractivity (Wildman–Crippen MR) is 122 cm³/mol. The Bertz CT molecular complexity index is 1010. The lowest BCUT2D eigenvalue weighted by Gasteiger charge is -2.30. The highest BCUT2D eigenvalue weighted by atomic mass is 16.6. The maximum absolute atomic E-state index is 13.3. The van der Waals surface area contributed by atoms with Gasteiger partial charge in [0.25, 0.3) is 5.91 Å². The van der Waals surface area contributed by atoms with Gasteiger partial charge in [0.1, 0.15) is 17.0 Å². The number of ether oxygens (including phenoxy) is 2. The number of fused-ring (bicyclic) bond motifs is 1. The fourth-order valence-electron chi connectivity index (χ4n) is 3.90. The highest BCUT2D eigenvalue weighted by Gasteiger charge is 2.32. The molecule has 0 spiro atoms. The van der Waals surface area contributed by atoms with Gasteiger partial charge in [-0.1, -0.05) is 17.7 Å². The van der Waals surface area contributed by atoms with E-state index in [2.05, 4.69) is 10.4 Å². The number of carbonyl (C=O) groups is 2. The summed E-state index contributed by atoms with van der Waals surface area (Å²) in [4.78, 5) is 27.5. The number of hydrogen-bond acceptors (Lipinski definition) is 5. The third-order valence-corrected chi connectivity index (χ3v) is 5.34. The quantitative estimate of drug-likeness (QED) is 0.759. The van der Waals surface area contributed by atoms with Crippen LogP contribution in [-0.2, 0) is 24.8 Å². The Balaban J connectivity index is 1.82. The fraction of sp³-hybridized carbons (Fsp3) is 0.542. The number of aromatic nitrogens is 2. The van der Waals surface area contributed by atoms with Crippen molar-refractivity contribution in [1.29, 1.82) is 0 Å². The fourth-order valence-corrected chi connectivity index (χ4v) is 3.90. The minimum atomic E-state index is -0.575. The molecule has 1 unspecified atom stereocenters. The Morgan fingerprint density at radius 1 is 1.28 bits per heavy atom. The molecule has 1 aliphatic heterocycles.